The minimum atomic E-state index is -0.956. The Balaban J connectivity index is 1.25. The first-order chi connectivity index (χ1) is 20.4. The van der Waals surface area contributed by atoms with Crippen LogP contribution < -0.4 is 16.4 Å². The highest BCUT2D eigenvalue weighted by molar-refractivity contribution is 5.97. The van der Waals surface area contributed by atoms with E-state index in [0.29, 0.717) is 0 Å². The van der Waals surface area contributed by atoms with Crippen LogP contribution in [0.2, 0.25) is 0 Å². The summed E-state index contributed by atoms with van der Waals surface area (Å²) in [5, 5.41) is 6.47. The lowest BCUT2D eigenvalue weighted by Crippen LogP contribution is -2.57. The number of benzene rings is 3. The number of para-hydroxylation sites is 1. The quantitative estimate of drug-likeness (QED) is 0.260. The van der Waals surface area contributed by atoms with Crippen molar-refractivity contribution in [2.45, 2.75) is 50.0 Å². The predicted molar refractivity (Wildman–Crippen MR) is 155 cm³/mol. The summed E-state index contributed by atoms with van der Waals surface area (Å²) in [6, 6.07) is 23.1. The second-order valence-electron chi connectivity index (χ2n) is 10.7. The molecule has 10 heteroatoms. The Kier molecular flexibility index (Phi) is 7.35. The summed E-state index contributed by atoms with van der Waals surface area (Å²) < 4.78 is 5.36. The number of nitrogens with zero attached hydrogens (tertiary/aromatic N) is 1. The first-order valence-electron chi connectivity index (χ1n) is 13.9. The number of carbonyl (C=O) groups is 4. The van der Waals surface area contributed by atoms with Gasteiger partial charge in [-0.1, -0.05) is 78.9 Å². The molecule has 2 aliphatic heterocycles. The largest absolute Gasteiger partial charge is 0.445 e. The summed E-state index contributed by atoms with van der Waals surface area (Å²) in [5.74, 6) is -1.53. The zero-order valence-electron chi connectivity index (χ0n) is 22.8. The molecule has 4 atom stereocenters. The molecular formula is C32H31N5O5. The van der Waals surface area contributed by atoms with Gasteiger partial charge in [-0.25, -0.2) is 4.79 Å². The number of nitrogens with two attached hydrogens (primary N) is 1. The van der Waals surface area contributed by atoms with Gasteiger partial charge in [0.2, 0.25) is 17.7 Å². The van der Waals surface area contributed by atoms with Crippen LogP contribution in [0.4, 0.5) is 4.79 Å². The van der Waals surface area contributed by atoms with Gasteiger partial charge in [0, 0.05) is 35.9 Å². The van der Waals surface area contributed by atoms with Crippen LogP contribution in [-0.2, 0) is 38.6 Å². The minimum absolute atomic E-state index is 0.0633. The normalized spacial score (nSPS) is 20.0. The first kappa shape index (κ1) is 27.1. The molecule has 5 N–H and O–H groups in total. The number of aromatic amines is 1. The molecule has 1 fully saturated rings. The number of fused-ring (bicyclic) bond motifs is 5. The molecule has 3 aromatic carbocycles. The van der Waals surface area contributed by atoms with E-state index in [1.54, 1.807) is 0 Å². The molecule has 42 heavy (non-hydrogen) atoms. The van der Waals surface area contributed by atoms with E-state index in [9.17, 15) is 19.2 Å². The summed E-state index contributed by atoms with van der Waals surface area (Å²) in [6.07, 6.45) is 0.00939. The lowest BCUT2D eigenvalue weighted by atomic mass is 9.91. The third-order valence-electron chi connectivity index (χ3n) is 8.01. The predicted octanol–water partition coefficient (Wildman–Crippen LogP) is 2.87. The van der Waals surface area contributed by atoms with Crippen LogP contribution in [0, 0.1) is 0 Å². The Hall–Kier alpha value is -5.12. The number of ether oxygens (including phenoxy) is 1. The van der Waals surface area contributed by atoms with Gasteiger partial charge in [-0.15, -0.1) is 0 Å². The number of primary amides is 1. The molecule has 10 nitrogen and oxygen atoms in total. The fourth-order valence-electron chi connectivity index (χ4n) is 6.00. The van der Waals surface area contributed by atoms with E-state index in [0.717, 1.165) is 33.3 Å². The van der Waals surface area contributed by atoms with E-state index in [1.165, 1.54) is 4.90 Å². The maximum absolute atomic E-state index is 13.8. The third kappa shape index (κ3) is 5.30. The Bertz CT molecular complexity index is 1640. The maximum atomic E-state index is 13.8. The number of hydrogen-bond acceptors (Lipinski definition) is 5. The Morgan fingerprint density at radius 3 is 2.33 bits per heavy atom. The van der Waals surface area contributed by atoms with Gasteiger partial charge in [0.1, 0.15) is 24.7 Å². The van der Waals surface area contributed by atoms with Crippen molar-refractivity contribution in [2.24, 2.45) is 5.73 Å². The van der Waals surface area contributed by atoms with Gasteiger partial charge in [0.05, 0.1) is 6.04 Å². The van der Waals surface area contributed by atoms with Gasteiger partial charge >= 0.3 is 6.09 Å². The number of H-pyrrole nitrogens is 1. The van der Waals surface area contributed by atoms with Gasteiger partial charge in [-0.05, 0) is 22.8 Å². The average molecular weight is 566 g/mol. The van der Waals surface area contributed by atoms with Gasteiger partial charge in [-0.2, -0.15) is 0 Å². The standard InChI is InChI=1S/C32H31N5O5/c33-29(38)24(15-19-9-3-1-4-10-19)35-30(39)27-16-22-21-13-7-8-14-23(21)34-28(22)26-17-25(31(40)37(26)27)36-32(41)42-18-20-11-5-2-6-12-20/h1-14,24-27,34H,15-18H2,(H2,33,38)(H,35,39)(H,36,41)/t24-,25-,26+,27-/m0/s1. The number of alkyl carbamates (subject to hydrolysis) is 1. The fraction of sp³-hybridized carbons (Fsp3) is 0.250. The first-order valence-corrected chi connectivity index (χ1v) is 13.9. The number of hydrogen-bond donors (Lipinski definition) is 4. The highest BCUT2D eigenvalue weighted by Crippen LogP contribution is 2.43. The van der Waals surface area contributed by atoms with Crippen molar-refractivity contribution in [2.75, 3.05) is 0 Å². The van der Waals surface area contributed by atoms with Gasteiger partial charge in [0.25, 0.3) is 0 Å². The molecule has 1 aromatic heterocycles. The van der Waals surface area contributed by atoms with Crippen LogP contribution in [0.15, 0.2) is 84.9 Å². The van der Waals surface area contributed by atoms with Crippen molar-refractivity contribution in [3.8, 4) is 0 Å². The molecule has 0 radical (unpaired) electrons. The Labute approximate surface area is 242 Å². The van der Waals surface area contributed by atoms with Crippen LogP contribution in [0.5, 0.6) is 0 Å². The minimum Gasteiger partial charge on any atom is -0.445 e. The van der Waals surface area contributed by atoms with Crippen molar-refractivity contribution in [1.82, 2.24) is 20.5 Å². The summed E-state index contributed by atoms with van der Waals surface area (Å²) in [7, 11) is 0. The molecule has 4 aromatic rings. The van der Waals surface area contributed by atoms with Crippen molar-refractivity contribution >= 4 is 34.7 Å². The van der Waals surface area contributed by atoms with E-state index in [2.05, 4.69) is 15.6 Å². The summed E-state index contributed by atoms with van der Waals surface area (Å²) in [4.78, 5) is 57.6. The van der Waals surface area contributed by atoms with E-state index >= 15 is 0 Å². The second kappa shape index (κ2) is 11.4. The lowest BCUT2D eigenvalue weighted by Gasteiger charge is -2.37. The lowest BCUT2D eigenvalue weighted by molar-refractivity contribution is -0.141. The summed E-state index contributed by atoms with van der Waals surface area (Å²) in [5.41, 5.74) is 10.0. The molecule has 1 saturated heterocycles. The Morgan fingerprint density at radius 1 is 0.952 bits per heavy atom. The van der Waals surface area contributed by atoms with Crippen molar-refractivity contribution in [3.05, 3.63) is 107 Å². The van der Waals surface area contributed by atoms with Gasteiger partial charge in [0.15, 0.2) is 0 Å². The molecule has 0 spiro atoms. The van der Waals surface area contributed by atoms with Crippen LogP contribution in [0.1, 0.15) is 34.8 Å². The van der Waals surface area contributed by atoms with Crippen LogP contribution in [0.3, 0.4) is 0 Å². The molecule has 6 rings (SSSR count). The number of amides is 4. The van der Waals surface area contributed by atoms with Crippen LogP contribution in [0.25, 0.3) is 10.9 Å². The molecule has 2 aliphatic rings. The monoisotopic (exact) mass is 565 g/mol. The number of aromatic nitrogens is 1. The molecular weight excluding hydrogens is 534 g/mol. The van der Waals surface area contributed by atoms with E-state index < -0.39 is 42.1 Å². The van der Waals surface area contributed by atoms with E-state index in [4.69, 9.17) is 10.5 Å². The summed E-state index contributed by atoms with van der Waals surface area (Å²) in [6.45, 7) is 0.0633. The van der Waals surface area contributed by atoms with E-state index in [1.807, 2.05) is 84.9 Å². The van der Waals surface area contributed by atoms with Crippen molar-refractivity contribution in [3.63, 3.8) is 0 Å². The van der Waals surface area contributed by atoms with Crippen molar-refractivity contribution < 1.29 is 23.9 Å². The number of rotatable bonds is 8. The summed E-state index contributed by atoms with van der Waals surface area (Å²) >= 11 is 0. The van der Waals surface area contributed by atoms with E-state index in [-0.39, 0.29) is 31.8 Å². The molecule has 0 aliphatic carbocycles. The third-order valence-corrected chi connectivity index (χ3v) is 8.01. The maximum Gasteiger partial charge on any atom is 0.408 e. The highest BCUT2D eigenvalue weighted by atomic mass is 16.5. The molecule has 4 amide bonds. The zero-order chi connectivity index (χ0) is 29.2. The number of carbonyl (C=O) groups excluding carboxylic acids is 4. The fourth-order valence-corrected chi connectivity index (χ4v) is 6.00. The smallest absolute Gasteiger partial charge is 0.408 e. The van der Waals surface area contributed by atoms with Crippen LogP contribution in [-0.4, -0.2) is 51.8 Å². The average Bonchev–Trinajstić information content (AvgIpc) is 3.54. The molecule has 3 heterocycles. The molecule has 0 unspecified atom stereocenters. The van der Waals surface area contributed by atoms with Crippen molar-refractivity contribution in [1.29, 1.82) is 0 Å². The molecule has 214 valence electrons. The number of nitrogens with one attached hydrogen (secondary N) is 3. The van der Waals surface area contributed by atoms with Crippen LogP contribution >= 0.6 is 0 Å². The Morgan fingerprint density at radius 2 is 1.62 bits per heavy atom. The highest BCUT2D eigenvalue weighted by Gasteiger charge is 2.51. The van der Waals surface area contributed by atoms with Gasteiger partial charge < -0.3 is 31.0 Å². The molecule has 0 saturated carbocycles. The second-order valence-corrected chi connectivity index (χ2v) is 10.7. The topological polar surface area (TPSA) is 147 Å². The molecule has 0 bridgehead atoms. The van der Waals surface area contributed by atoms with Gasteiger partial charge in [-0.3, -0.25) is 14.4 Å². The zero-order valence-corrected chi connectivity index (χ0v) is 22.8. The SMILES string of the molecule is NC(=O)[C@H](Cc1ccccc1)NC(=O)[C@@H]1Cc2c([nH]c3ccccc23)[C@H]2C[C@H](NC(=O)OCc3ccccc3)C(=O)N21.